The number of anilines is 1. The van der Waals surface area contributed by atoms with Gasteiger partial charge < -0.3 is 10.5 Å². The molecule has 2 rings (SSSR count). The molecule has 0 atom stereocenters. The molecule has 0 amide bonds. The maximum absolute atomic E-state index is 8.63. The van der Waals surface area contributed by atoms with Gasteiger partial charge in [0, 0.05) is 0 Å². The molecule has 2 aromatic rings. The molecule has 0 saturated heterocycles. The first kappa shape index (κ1) is 11.1. The number of nitriles is 1. The van der Waals surface area contributed by atoms with Crippen LogP contribution in [0.3, 0.4) is 0 Å². The lowest BCUT2D eigenvalue weighted by Gasteiger charge is -2.03. The molecule has 0 unspecified atom stereocenters. The first-order valence-corrected chi connectivity index (χ1v) is 4.90. The van der Waals surface area contributed by atoms with Gasteiger partial charge in [0.15, 0.2) is 0 Å². The van der Waals surface area contributed by atoms with Gasteiger partial charge in [0.25, 0.3) is 0 Å². The molecule has 2 N–H and O–H groups in total. The summed E-state index contributed by atoms with van der Waals surface area (Å²) in [6, 6.07) is 8.47. The summed E-state index contributed by atoms with van der Waals surface area (Å²) in [5.74, 6) is 0.458. The third kappa shape index (κ3) is 2.80. The van der Waals surface area contributed by atoms with Gasteiger partial charge in [-0.3, -0.25) is 0 Å². The van der Waals surface area contributed by atoms with Crippen LogP contribution in [0.15, 0.2) is 24.3 Å². The van der Waals surface area contributed by atoms with Crippen molar-refractivity contribution in [1.82, 2.24) is 15.0 Å². The average Bonchev–Trinajstić information content (AvgIpc) is 2.28. The van der Waals surface area contributed by atoms with E-state index in [-0.39, 0.29) is 17.2 Å². The fraction of sp³-hybridized carbons (Fsp3) is 0. The number of ether oxygens (including phenoxy) is 1. The number of nitrogens with two attached hydrogens (primary N) is 1. The Labute approximate surface area is 102 Å². The van der Waals surface area contributed by atoms with E-state index in [1.54, 1.807) is 24.3 Å². The van der Waals surface area contributed by atoms with Crippen LogP contribution in [0.1, 0.15) is 5.56 Å². The Bertz CT molecular complexity index is 558. The summed E-state index contributed by atoms with van der Waals surface area (Å²) in [4.78, 5) is 11.1. The van der Waals surface area contributed by atoms with Crippen molar-refractivity contribution in [2.45, 2.75) is 0 Å². The minimum atomic E-state index is -0.0406. The summed E-state index contributed by atoms with van der Waals surface area (Å²) >= 11 is 5.60. The van der Waals surface area contributed by atoms with Gasteiger partial charge in [-0.2, -0.15) is 20.2 Å². The Hall–Kier alpha value is -2.39. The average molecular weight is 248 g/mol. The van der Waals surface area contributed by atoms with E-state index in [4.69, 9.17) is 27.3 Å². The van der Waals surface area contributed by atoms with Crippen molar-refractivity contribution in [2.75, 3.05) is 5.73 Å². The van der Waals surface area contributed by atoms with Crippen LogP contribution in [0.5, 0.6) is 11.8 Å². The van der Waals surface area contributed by atoms with E-state index in [1.165, 1.54) is 0 Å². The van der Waals surface area contributed by atoms with Crippen LogP contribution in [0.25, 0.3) is 0 Å². The Morgan fingerprint density at radius 1 is 1.18 bits per heavy atom. The number of benzene rings is 1. The Morgan fingerprint density at radius 3 is 2.47 bits per heavy atom. The Balaban J connectivity index is 2.22. The van der Waals surface area contributed by atoms with Gasteiger partial charge in [-0.1, -0.05) is 0 Å². The standard InChI is InChI=1S/C10H6ClN5O/c11-8-14-9(13)16-10(15-8)17-7-3-1-6(5-12)2-4-7/h1-4H,(H2,13,14,15,16). The van der Waals surface area contributed by atoms with Gasteiger partial charge in [0.1, 0.15) is 5.75 Å². The fourth-order valence-electron chi connectivity index (χ4n) is 1.10. The SMILES string of the molecule is N#Cc1ccc(Oc2nc(N)nc(Cl)n2)cc1. The van der Waals surface area contributed by atoms with Gasteiger partial charge in [0.2, 0.25) is 11.2 Å². The maximum Gasteiger partial charge on any atom is 0.328 e. The highest BCUT2D eigenvalue weighted by Gasteiger charge is 2.04. The minimum Gasteiger partial charge on any atom is -0.424 e. The predicted octanol–water partition coefficient (Wildman–Crippen LogP) is 1.77. The van der Waals surface area contributed by atoms with Crippen molar-refractivity contribution in [3.05, 3.63) is 35.1 Å². The summed E-state index contributed by atoms with van der Waals surface area (Å²) in [6.07, 6.45) is 0. The molecule has 0 aliphatic rings. The van der Waals surface area contributed by atoms with E-state index in [0.29, 0.717) is 11.3 Å². The van der Waals surface area contributed by atoms with Gasteiger partial charge in [-0.05, 0) is 35.9 Å². The van der Waals surface area contributed by atoms with Crippen molar-refractivity contribution in [3.8, 4) is 17.8 Å². The zero-order valence-electron chi connectivity index (χ0n) is 8.46. The van der Waals surface area contributed by atoms with Gasteiger partial charge in [-0.15, -0.1) is 0 Å². The van der Waals surface area contributed by atoms with E-state index >= 15 is 0 Å². The highest BCUT2D eigenvalue weighted by atomic mass is 35.5. The molecule has 0 saturated carbocycles. The molecular formula is C10H6ClN5O. The summed E-state index contributed by atoms with van der Waals surface area (Å²) in [5, 5.41) is 8.59. The molecule has 6 nitrogen and oxygen atoms in total. The summed E-state index contributed by atoms with van der Waals surface area (Å²) in [7, 11) is 0. The second kappa shape index (κ2) is 4.63. The predicted molar refractivity (Wildman–Crippen MR) is 60.5 cm³/mol. The molecule has 0 fully saturated rings. The molecule has 1 aromatic heterocycles. The van der Waals surface area contributed by atoms with Crippen molar-refractivity contribution >= 4 is 17.5 Å². The monoisotopic (exact) mass is 247 g/mol. The van der Waals surface area contributed by atoms with Crippen LogP contribution in [0.4, 0.5) is 5.95 Å². The molecule has 17 heavy (non-hydrogen) atoms. The fourth-order valence-corrected chi connectivity index (χ4v) is 1.25. The van der Waals surface area contributed by atoms with E-state index in [9.17, 15) is 0 Å². The molecule has 7 heteroatoms. The van der Waals surface area contributed by atoms with Crippen molar-refractivity contribution < 1.29 is 4.74 Å². The smallest absolute Gasteiger partial charge is 0.328 e. The third-order valence-corrected chi connectivity index (χ3v) is 1.97. The van der Waals surface area contributed by atoms with Crippen molar-refractivity contribution in [3.63, 3.8) is 0 Å². The topological polar surface area (TPSA) is 97.7 Å². The summed E-state index contributed by atoms with van der Waals surface area (Å²) in [5.41, 5.74) is 5.92. The molecular weight excluding hydrogens is 242 g/mol. The molecule has 84 valence electrons. The number of nitrogen functional groups attached to an aromatic ring is 1. The van der Waals surface area contributed by atoms with E-state index < -0.39 is 0 Å². The molecule has 0 aliphatic heterocycles. The lowest BCUT2D eigenvalue weighted by atomic mass is 10.2. The molecule has 0 bridgehead atoms. The lowest BCUT2D eigenvalue weighted by molar-refractivity contribution is 0.440. The van der Waals surface area contributed by atoms with E-state index in [0.717, 1.165) is 0 Å². The second-order valence-electron chi connectivity index (χ2n) is 2.98. The van der Waals surface area contributed by atoms with Crippen molar-refractivity contribution in [2.24, 2.45) is 0 Å². The van der Waals surface area contributed by atoms with Gasteiger partial charge in [-0.25, -0.2) is 0 Å². The first-order chi connectivity index (χ1) is 8.17. The number of hydrogen-bond donors (Lipinski definition) is 1. The number of halogens is 1. The third-order valence-electron chi connectivity index (χ3n) is 1.80. The van der Waals surface area contributed by atoms with Crippen LogP contribution in [0, 0.1) is 11.3 Å². The summed E-state index contributed by atoms with van der Waals surface area (Å²) < 4.78 is 5.30. The number of hydrogen-bond acceptors (Lipinski definition) is 6. The normalized spacial score (nSPS) is 9.65. The first-order valence-electron chi connectivity index (χ1n) is 4.52. The second-order valence-corrected chi connectivity index (χ2v) is 3.32. The van der Waals surface area contributed by atoms with Crippen LogP contribution in [-0.2, 0) is 0 Å². The zero-order valence-corrected chi connectivity index (χ0v) is 9.22. The molecule has 0 radical (unpaired) electrons. The van der Waals surface area contributed by atoms with Crippen LogP contribution >= 0.6 is 11.6 Å². The minimum absolute atomic E-state index is 0.00667. The maximum atomic E-state index is 8.63. The van der Waals surface area contributed by atoms with Crippen LogP contribution in [0.2, 0.25) is 5.28 Å². The molecule has 0 spiro atoms. The Kier molecular flexibility index (Phi) is 3.03. The van der Waals surface area contributed by atoms with Crippen molar-refractivity contribution in [1.29, 1.82) is 5.26 Å². The lowest BCUT2D eigenvalue weighted by Crippen LogP contribution is -2.00. The number of aromatic nitrogens is 3. The van der Waals surface area contributed by atoms with Gasteiger partial charge in [0.05, 0.1) is 11.6 Å². The Morgan fingerprint density at radius 2 is 1.88 bits per heavy atom. The van der Waals surface area contributed by atoms with E-state index in [1.807, 2.05) is 6.07 Å². The molecule has 0 aliphatic carbocycles. The van der Waals surface area contributed by atoms with Crippen LogP contribution in [-0.4, -0.2) is 15.0 Å². The largest absolute Gasteiger partial charge is 0.424 e. The zero-order chi connectivity index (χ0) is 12.3. The highest BCUT2D eigenvalue weighted by Crippen LogP contribution is 2.19. The number of rotatable bonds is 2. The van der Waals surface area contributed by atoms with Crippen LogP contribution < -0.4 is 10.5 Å². The quantitative estimate of drug-likeness (QED) is 0.868. The molecule has 1 aromatic carbocycles. The molecule has 1 heterocycles. The summed E-state index contributed by atoms with van der Waals surface area (Å²) in [6.45, 7) is 0. The highest BCUT2D eigenvalue weighted by molar-refractivity contribution is 6.28. The number of nitrogens with zero attached hydrogens (tertiary/aromatic N) is 4. The van der Waals surface area contributed by atoms with E-state index in [2.05, 4.69) is 15.0 Å². The van der Waals surface area contributed by atoms with Gasteiger partial charge >= 0.3 is 6.01 Å².